The lowest BCUT2D eigenvalue weighted by atomic mass is 10.2. The fourth-order valence-electron chi connectivity index (χ4n) is 2.45. The molecule has 6 nitrogen and oxygen atoms in total. The minimum Gasteiger partial charge on any atom is -0.459 e. The Morgan fingerprint density at radius 3 is 2.52 bits per heavy atom. The molecule has 3 rings (SSSR count). The topological polar surface area (TPSA) is 88.4 Å². The summed E-state index contributed by atoms with van der Waals surface area (Å²) in [5, 5.41) is 3.39. The highest BCUT2D eigenvalue weighted by atomic mass is 35.5. The molecule has 27 heavy (non-hydrogen) atoms. The molecule has 0 radical (unpaired) electrons. The summed E-state index contributed by atoms with van der Waals surface area (Å²) in [5.41, 5.74) is 1.55. The standard InChI is InChI=1S/C19H17ClN2O4S/c1-27(24,25)22-16-4-2-3-14(11-16)19(23)21-12-17-9-10-18(26-17)13-5-7-15(20)8-6-13/h2-11,22H,12H2,1H3,(H,21,23). The van der Waals surface area contributed by atoms with Crippen LogP contribution in [-0.4, -0.2) is 20.6 Å². The maximum absolute atomic E-state index is 12.3. The van der Waals surface area contributed by atoms with Crippen molar-refractivity contribution in [3.8, 4) is 11.3 Å². The van der Waals surface area contributed by atoms with Crippen LogP contribution in [0.4, 0.5) is 5.69 Å². The van der Waals surface area contributed by atoms with E-state index in [0.717, 1.165) is 11.8 Å². The van der Waals surface area contributed by atoms with Crippen LogP contribution >= 0.6 is 11.6 Å². The summed E-state index contributed by atoms with van der Waals surface area (Å²) in [6, 6.07) is 17.1. The van der Waals surface area contributed by atoms with Crippen LogP contribution in [0.2, 0.25) is 5.02 Å². The number of nitrogens with one attached hydrogen (secondary N) is 2. The minimum absolute atomic E-state index is 0.205. The van der Waals surface area contributed by atoms with Crippen molar-refractivity contribution in [3.63, 3.8) is 0 Å². The third-order valence-electron chi connectivity index (χ3n) is 3.64. The predicted molar refractivity (Wildman–Crippen MR) is 105 cm³/mol. The molecule has 3 aromatic rings. The summed E-state index contributed by atoms with van der Waals surface area (Å²) in [4.78, 5) is 12.3. The summed E-state index contributed by atoms with van der Waals surface area (Å²) in [5.74, 6) is 0.936. The van der Waals surface area contributed by atoms with Gasteiger partial charge in [0.25, 0.3) is 5.91 Å². The smallest absolute Gasteiger partial charge is 0.251 e. The molecule has 0 unspecified atom stereocenters. The molecule has 1 aromatic heterocycles. The van der Waals surface area contributed by atoms with Gasteiger partial charge in [-0.1, -0.05) is 17.7 Å². The molecule has 0 aliphatic carbocycles. The molecule has 1 amide bonds. The zero-order valence-corrected chi connectivity index (χ0v) is 16.0. The number of carbonyl (C=O) groups excluding carboxylic acids is 1. The summed E-state index contributed by atoms with van der Waals surface area (Å²) in [6.45, 7) is 0.205. The number of amides is 1. The van der Waals surface area contributed by atoms with Gasteiger partial charge in [0.15, 0.2) is 0 Å². The van der Waals surface area contributed by atoms with Gasteiger partial charge in [-0.3, -0.25) is 9.52 Å². The second kappa shape index (κ2) is 7.85. The first kappa shape index (κ1) is 19.0. The molecule has 0 spiro atoms. The van der Waals surface area contributed by atoms with Crippen molar-refractivity contribution in [2.24, 2.45) is 0 Å². The number of hydrogen-bond donors (Lipinski definition) is 2. The van der Waals surface area contributed by atoms with Crippen molar-refractivity contribution >= 4 is 33.2 Å². The second-order valence-corrected chi connectivity index (χ2v) is 8.10. The van der Waals surface area contributed by atoms with Crippen molar-refractivity contribution < 1.29 is 17.6 Å². The Kier molecular flexibility index (Phi) is 5.53. The fourth-order valence-corrected chi connectivity index (χ4v) is 3.13. The number of rotatable bonds is 6. The minimum atomic E-state index is -3.41. The first-order valence-electron chi connectivity index (χ1n) is 8.01. The molecule has 0 aliphatic rings. The van der Waals surface area contributed by atoms with Crippen LogP contribution in [-0.2, 0) is 16.6 Å². The first-order valence-corrected chi connectivity index (χ1v) is 10.3. The molecule has 0 atom stereocenters. The van der Waals surface area contributed by atoms with Crippen LogP contribution < -0.4 is 10.0 Å². The number of benzene rings is 2. The summed E-state index contributed by atoms with van der Waals surface area (Å²) < 4.78 is 30.7. The van der Waals surface area contributed by atoms with Crippen LogP contribution in [0.3, 0.4) is 0 Å². The van der Waals surface area contributed by atoms with E-state index in [1.54, 1.807) is 36.4 Å². The Morgan fingerprint density at radius 2 is 1.81 bits per heavy atom. The Balaban J connectivity index is 1.64. The van der Waals surface area contributed by atoms with Crippen molar-refractivity contribution in [3.05, 3.63) is 77.0 Å². The predicted octanol–water partition coefficient (Wildman–Crippen LogP) is 3.90. The van der Waals surface area contributed by atoms with Gasteiger partial charge in [-0.2, -0.15) is 0 Å². The molecular formula is C19H17ClN2O4S. The average molecular weight is 405 g/mol. The van der Waals surface area contributed by atoms with Crippen LogP contribution in [0.15, 0.2) is 65.1 Å². The SMILES string of the molecule is CS(=O)(=O)Nc1cccc(C(=O)NCc2ccc(-c3ccc(Cl)cc3)o2)c1. The zero-order valence-electron chi connectivity index (χ0n) is 14.4. The third-order valence-corrected chi connectivity index (χ3v) is 4.50. The van der Waals surface area contributed by atoms with E-state index in [0.29, 0.717) is 27.8 Å². The molecular weight excluding hydrogens is 388 g/mol. The first-order chi connectivity index (χ1) is 12.8. The molecule has 1 heterocycles. The molecule has 0 aliphatic heterocycles. The van der Waals surface area contributed by atoms with Gasteiger partial charge < -0.3 is 9.73 Å². The van der Waals surface area contributed by atoms with E-state index in [2.05, 4.69) is 10.0 Å². The van der Waals surface area contributed by atoms with Gasteiger partial charge in [-0.15, -0.1) is 0 Å². The molecule has 0 saturated carbocycles. The van der Waals surface area contributed by atoms with Crippen molar-refractivity contribution in [1.29, 1.82) is 0 Å². The number of furan rings is 1. The second-order valence-electron chi connectivity index (χ2n) is 5.91. The van der Waals surface area contributed by atoms with Gasteiger partial charge in [0.2, 0.25) is 10.0 Å². The monoisotopic (exact) mass is 404 g/mol. The van der Waals surface area contributed by atoms with E-state index in [4.69, 9.17) is 16.0 Å². The quantitative estimate of drug-likeness (QED) is 0.652. The van der Waals surface area contributed by atoms with E-state index in [9.17, 15) is 13.2 Å². The molecule has 8 heteroatoms. The van der Waals surface area contributed by atoms with E-state index in [-0.39, 0.29) is 12.5 Å². The maximum atomic E-state index is 12.3. The number of carbonyl (C=O) groups is 1. The average Bonchev–Trinajstić information content (AvgIpc) is 3.08. The van der Waals surface area contributed by atoms with Gasteiger partial charge >= 0.3 is 0 Å². The van der Waals surface area contributed by atoms with Crippen molar-refractivity contribution in [1.82, 2.24) is 5.32 Å². The molecule has 2 aromatic carbocycles. The number of sulfonamides is 1. The van der Waals surface area contributed by atoms with E-state index in [1.165, 1.54) is 6.07 Å². The third kappa shape index (κ3) is 5.35. The maximum Gasteiger partial charge on any atom is 0.251 e. The highest BCUT2D eigenvalue weighted by molar-refractivity contribution is 7.92. The van der Waals surface area contributed by atoms with Crippen LogP contribution in [0, 0.1) is 0 Å². The van der Waals surface area contributed by atoms with Gasteiger partial charge in [0.1, 0.15) is 11.5 Å². The summed E-state index contributed by atoms with van der Waals surface area (Å²) in [6.07, 6.45) is 1.05. The Labute approximate surface area is 162 Å². The van der Waals surface area contributed by atoms with Gasteiger partial charge in [-0.05, 0) is 54.6 Å². The Hall–Kier alpha value is -2.77. The van der Waals surface area contributed by atoms with Crippen LogP contribution in [0.1, 0.15) is 16.1 Å². The number of anilines is 1. The summed E-state index contributed by atoms with van der Waals surface area (Å²) in [7, 11) is -3.41. The summed E-state index contributed by atoms with van der Waals surface area (Å²) >= 11 is 5.88. The largest absolute Gasteiger partial charge is 0.459 e. The lowest BCUT2D eigenvalue weighted by Crippen LogP contribution is -2.22. The van der Waals surface area contributed by atoms with Crippen molar-refractivity contribution in [2.45, 2.75) is 6.54 Å². The lowest BCUT2D eigenvalue weighted by molar-refractivity contribution is 0.0948. The van der Waals surface area contributed by atoms with Crippen molar-refractivity contribution in [2.75, 3.05) is 11.0 Å². The zero-order chi connectivity index (χ0) is 19.4. The van der Waals surface area contributed by atoms with Crippen LogP contribution in [0.5, 0.6) is 0 Å². The highest BCUT2D eigenvalue weighted by Crippen LogP contribution is 2.23. The molecule has 0 saturated heterocycles. The number of hydrogen-bond acceptors (Lipinski definition) is 4. The molecule has 0 bridgehead atoms. The normalized spacial score (nSPS) is 11.2. The molecule has 0 fully saturated rings. The Bertz CT molecular complexity index is 1060. The van der Waals surface area contributed by atoms with Gasteiger partial charge in [0.05, 0.1) is 12.8 Å². The number of halogens is 1. The van der Waals surface area contributed by atoms with Crippen LogP contribution in [0.25, 0.3) is 11.3 Å². The van der Waals surface area contributed by atoms with Gasteiger partial charge in [0, 0.05) is 21.8 Å². The highest BCUT2D eigenvalue weighted by Gasteiger charge is 2.10. The lowest BCUT2D eigenvalue weighted by Gasteiger charge is -2.07. The fraction of sp³-hybridized carbons (Fsp3) is 0.105. The molecule has 2 N–H and O–H groups in total. The van der Waals surface area contributed by atoms with E-state index < -0.39 is 10.0 Å². The van der Waals surface area contributed by atoms with E-state index >= 15 is 0 Å². The Morgan fingerprint density at radius 1 is 1.07 bits per heavy atom. The molecule has 140 valence electrons. The van der Waals surface area contributed by atoms with Gasteiger partial charge in [-0.25, -0.2) is 8.42 Å². The van der Waals surface area contributed by atoms with E-state index in [1.807, 2.05) is 18.2 Å².